The molecule has 0 spiro atoms. The summed E-state index contributed by atoms with van der Waals surface area (Å²) in [6.07, 6.45) is 2.19. The number of nitrogens with one attached hydrogen (secondary N) is 2. The molecule has 2 aromatic rings. The highest BCUT2D eigenvalue weighted by atomic mass is 16.5. The molecular formula is C22H33N5O4. The van der Waals surface area contributed by atoms with Crippen LogP contribution < -0.4 is 21.2 Å². The van der Waals surface area contributed by atoms with Crippen molar-refractivity contribution in [1.29, 1.82) is 0 Å². The molecule has 1 aliphatic heterocycles. The molecule has 3 rings (SSSR count). The lowest BCUT2D eigenvalue weighted by atomic mass is 9.96. The van der Waals surface area contributed by atoms with E-state index < -0.39 is 0 Å². The summed E-state index contributed by atoms with van der Waals surface area (Å²) < 4.78 is 8.35. The number of aryl methyl sites for hydroxylation is 2. The molecule has 1 atom stereocenters. The Morgan fingerprint density at radius 2 is 1.74 bits per heavy atom. The maximum absolute atomic E-state index is 12.5. The zero-order valence-electron chi connectivity index (χ0n) is 19.0. The number of rotatable bonds is 6. The summed E-state index contributed by atoms with van der Waals surface area (Å²) in [4.78, 5) is 39.2. The van der Waals surface area contributed by atoms with E-state index in [-0.39, 0.29) is 29.6 Å². The quantitative estimate of drug-likeness (QED) is 0.685. The van der Waals surface area contributed by atoms with Crippen LogP contribution in [-0.2, 0) is 23.6 Å². The van der Waals surface area contributed by atoms with E-state index in [9.17, 15) is 14.4 Å². The maximum atomic E-state index is 12.5. The van der Waals surface area contributed by atoms with Gasteiger partial charge in [-0.3, -0.25) is 13.9 Å². The van der Waals surface area contributed by atoms with Crippen molar-refractivity contribution in [2.45, 2.75) is 46.1 Å². The third kappa shape index (κ3) is 4.70. The first kappa shape index (κ1) is 22.7. The first-order valence-electron chi connectivity index (χ1n) is 10.9. The fourth-order valence-corrected chi connectivity index (χ4v) is 4.00. The monoisotopic (exact) mass is 431 g/mol. The Kier molecular flexibility index (Phi) is 6.92. The Morgan fingerprint density at radius 3 is 2.32 bits per heavy atom. The fourth-order valence-electron chi connectivity index (χ4n) is 4.00. The normalized spacial score (nSPS) is 15.7. The van der Waals surface area contributed by atoms with Crippen LogP contribution in [0.4, 0.5) is 16.2 Å². The largest absolute Gasteiger partial charge is 0.466 e. The maximum Gasteiger partial charge on any atom is 0.328 e. The van der Waals surface area contributed by atoms with E-state index in [1.54, 1.807) is 23.2 Å². The zero-order chi connectivity index (χ0) is 22.7. The van der Waals surface area contributed by atoms with Crippen LogP contribution in [-0.4, -0.2) is 46.9 Å². The Labute approximate surface area is 182 Å². The van der Waals surface area contributed by atoms with Crippen LogP contribution in [0.5, 0.6) is 0 Å². The molecule has 2 N–H and O–H groups in total. The van der Waals surface area contributed by atoms with Gasteiger partial charge in [0.15, 0.2) is 0 Å². The molecule has 9 nitrogen and oxygen atoms in total. The molecule has 1 aromatic carbocycles. The number of ether oxygens (including phenoxy) is 1. The number of benzene rings is 1. The van der Waals surface area contributed by atoms with Gasteiger partial charge in [0.25, 0.3) is 0 Å². The van der Waals surface area contributed by atoms with Gasteiger partial charge in [-0.2, -0.15) is 0 Å². The third-order valence-electron chi connectivity index (χ3n) is 6.08. The fraction of sp³-hybridized carbons (Fsp3) is 0.591. The molecule has 2 amide bonds. The molecule has 0 saturated carbocycles. The van der Waals surface area contributed by atoms with Crippen molar-refractivity contribution in [1.82, 2.24) is 14.5 Å². The number of amides is 2. The number of carbonyl (C=O) groups excluding carboxylic acids is 2. The van der Waals surface area contributed by atoms with Crippen LogP contribution in [0.3, 0.4) is 0 Å². The molecule has 1 saturated heterocycles. The third-order valence-corrected chi connectivity index (χ3v) is 6.08. The molecule has 0 bridgehead atoms. The molecule has 1 fully saturated rings. The van der Waals surface area contributed by atoms with Crippen molar-refractivity contribution in [3.63, 3.8) is 0 Å². The Morgan fingerprint density at radius 1 is 1.13 bits per heavy atom. The van der Waals surface area contributed by atoms with Crippen LogP contribution in [0, 0.1) is 5.92 Å². The first-order chi connectivity index (χ1) is 14.8. The zero-order valence-corrected chi connectivity index (χ0v) is 19.0. The Bertz CT molecular complexity index is 1020. The van der Waals surface area contributed by atoms with E-state index in [0.717, 1.165) is 23.1 Å². The highest BCUT2D eigenvalue weighted by molar-refractivity contribution is 5.98. The number of urea groups is 1. The van der Waals surface area contributed by atoms with Gasteiger partial charge in [0.1, 0.15) is 0 Å². The standard InChI is InChI=1S/C22H33N5O4/c1-6-14(3)23-21(29)24-16-12-18-19(26(5)22(30)25(18)4)13-17(16)27-10-8-15(9-11-27)20(28)31-7-2/h12-15H,6-11H2,1-5H3,(H2,23,24,29)/t14-/m0/s1. The minimum atomic E-state index is -0.280. The van der Waals surface area contributed by atoms with E-state index in [1.165, 1.54) is 0 Å². The molecule has 1 aromatic heterocycles. The molecule has 0 aliphatic carbocycles. The predicted octanol–water partition coefficient (Wildman–Crippen LogP) is 2.58. The van der Waals surface area contributed by atoms with Gasteiger partial charge in [0, 0.05) is 33.2 Å². The molecule has 0 unspecified atom stereocenters. The summed E-state index contributed by atoms with van der Waals surface area (Å²) in [5.74, 6) is -0.250. The van der Waals surface area contributed by atoms with Crippen molar-refractivity contribution >= 4 is 34.4 Å². The van der Waals surface area contributed by atoms with Gasteiger partial charge in [0.05, 0.1) is 34.9 Å². The molecule has 1 aliphatic rings. The highest BCUT2D eigenvalue weighted by Crippen LogP contribution is 2.34. The average molecular weight is 432 g/mol. The minimum Gasteiger partial charge on any atom is -0.466 e. The van der Waals surface area contributed by atoms with Gasteiger partial charge in [-0.1, -0.05) is 6.92 Å². The summed E-state index contributed by atoms with van der Waals surface area (Å²) in [6, 6.07) is 3.56. The topological polar surface area (TPSA) is 97.6 Å². The molecule has 170 valence electrons. The van der Waals surface area contributed by atoms with Gasteiger partial charge in [-0.05, 0) is 45.2 Å². The van der Waals surface area contributed by atoms with Crippen molar-refractivity contribution < 1.29 is 14.3 Å². The second kappa shape index (κ2) is 9.45. The molecule has 31 heavy (non-hydrogen) atoms. The van der Waals surface area contributed by atoms with Gasteiger partial charge in [-0.25, -0.2) is 9.59 Å². The van der Waals surface area contributed by atoms with Gasteiger partial charge in [0.2, 0.25) is 0 Å². The van der Waals surface area contributed by atoms with Crippen LogP contribution >= 0.6 is 0 Å². The first-order valence-corrected chi connectivity index (χ1v) is 10.9. The van der Waals surface area contributed by atoms with Gasteiger partial charge < -0.3 is 20.3 Å². The SMILES string of the molecule is CCOC(=O)C1CCN(c2cc3c(cc2NC(=O)N[C@@H](C)CC)n(C)c(=O)n3C)CC1. The van der Waals surface area contributed by atoms with Gasteiger partial charge >= 0.3 is 17.7 Å². The summed E-state index contributed by atoms with van der Waals surface area (Å²) >= 11 is 0. The van der Waals surface area contributed by atoms with E-state index >= 15 is 0 Å². The number of aromatic nitrogens is 2. The number of nitrogens with zero attached hydrogens (tertiary/aromatic N) is 3. The number of anilines is 2. The van der Waals surface area contributed by atoms with Crippen molar-refractivity contribution in [3.05, 3.63) is 22.6 Å². The van der Waals surface area contributed by atoms with Crippen LogP contribution in [0.15, 0.2) is 16.9 Å². The number of carbonyl (C=O) groups is 2. The van der Waals surface area contributed by atoms with Crippen LogP contribution in [0.25, 0.3) is 11.0 Å². The molecular weight excluding hydrogens is 398 g/mol. The van der Waals surface area contributed by atoms with Crippen molar-refractivity contribution in [2.24, 2.45) is 20.0 Å². The highest BCUT2D eigenvalue weighted by Gasteiger charge is 2.28. The lowest BCUT2D eigenvalue weighted by molar-refractivity contribution is -0.148. The van der Waals surface area contributed by atoms with Gasteiger partial charge in [-0.15, -0.1) is 0 Å². The number of fused-ring (bicyclic) bond motifs is 1. The van der Waals surface area contributed by atoms with E-state index in [1.807, 2.05) is 32.9 Å². The summed E-state index contributed by atoms with van der Waals surface area (Å²) in [5, 5.41) is 5.89. The average Bonchev–Trinajstić information content (AvgIpc) is 2.97. The van der Waals surface area contributed by atoms with Crippen molar-refractivity contribution in [2.75, 3.05) is 29.9 Å². The smallest absolute Gasteiger partial charge is 0.328 e. The van der Waals surface area contributed by atoms with Crippen molar-refractivity contribution in [3.8, 4) is 0 Å². The van der Waals surface area contributed by atoms with Crippen LogP contribution in [0.1, 0.15) is 40.0 Å². The lowest BCUT2D eigenvalue weighted by Crippen LogP contribution is -2.38. The van der Waals surface area contributed by atoms with E-state index in [0.29, 0.717) is 38.2 Å². The second-order valence-corrected chi connectivity index (χ2v) is 8.18. The number of imidazole rings is 1. The lowest BCUT2D eigenvalue weighted by Gasteiger charge is -2.34. The van der Waals surface area contributed by atoms with E-state index in [2.05, 4.69) is 15.5 Å². The number of esters is 1. The Hall–Kier alpha value is -2.97. The Balaban J connectivity index is 1.93. The number of hydrogen-bond acceptors (Lipinski definition) is 5. The molecule has 0 radical (unpaired) electrons. The van der Waals surface area contributed by atoms with E-state index in [4.69, 9.17) is 4.74 Å². The number of piperidine rings is 1. The predicted molar refractivity (Wildman–Crippen MR) is 122 cm³/mol. The summed E-state index contributed by atoms with van der Waals surface area (Å²) in [7, 11) is 3.46. The molecule has 2 heterocycles. The number of hydrogen-bond donors (Lipinski definition) is 2. The minimum absolute atomic E-state index is 0.0496. The molecule has 9 heteroatoms. The van der Waals surface area contributed by atoms with Crippen LogP contribution in [0.2, 0.25) is 0 Å². The summed E-state index contributed by atoms with van der Waals surface area (Å²) in [5.41, 5.74) is 2.90. The summed E-state index contributed by atoms with van der Waals surface area (Å²) in [6.45, 7) is 7.49. The second-order valence-electron chi connectivity index (χ2n) is 8.18.